The van der Waals surface area contributed by atoms with Crippen LogP contribution in [0.15, 0.2) is 22.5 Å². The van der Waals surface area contributed by atoms with Crippen molar-refractivity contribution < 1.29 is 8.42 Å². The van der Waals surface area contributed by atoms with Crippen molar-refractivity contribution in [2.75, 3.05) is 39.5 Å². The third kappa shape index (κ3) is 9.48. The molecule has 0 amide bonds. The Balaban J connectivity index is 0.00000484. The van der Waals surface area contributed by atoms with Crippen molar-refractivity contribution in [3.05, 3.63) is 22.4 Å². The van der Waals surface area contributed by atoms with Gasteiger partial charge in [0, 0.05) is 38.6 Å². The normalized spacial score (nSPS) is 11.9. The molecule has 0 aromatic carbocycles. The molecule has 0 saturated carbocycles. The van der Waals surface area contributed by atoms with Crippen LogP contribution < -0.4 is 10.0 Å². The van der Waals surface area contributed by atoms with Crippen LogP contribution in [0.4, 0.5) is 0 Å². The monoisotopic (exact) mass is 474 g/mol. The van der Waals surface area contributed by atoms with Crippen LogP contribution in [0.5, 0.6) is 0 Å². The molecule has 134 valence electrons. The number of guanidine groups is 1. The van der Waals surface area contributed by atoms with Crippen LogP contribution >= 0.6 is 35.3 Å². The molecule has 0 unspecified atom stereocenters. The first-order valence-electron chi connectivity index (χ1n) is 7.40. The molecule has 0 atom stereocenters. The number of hydrogen-bond acceptors (Lipinski definition) is 4. The maximum Gasteiger partial charge on any atom is 0.211 e. The molecule has 2 N–H and O–H groups in total. The maximum absolute atomic E-state index is 11.3. The summed E-state index contributed by atoms with van der Waals surface area (Å²) in [5.74, 6) is 0.947. The summed E-state index contributed by atoms with van der Waals surface area (Å²) in [4.78, 5) is 7.68. The Kier molecular flexibility index (Phi) is 11.8. The van der Waals surface area contributed by atoms with E-state index in [1.165, 1.54) is 4.88 Å². The van der Waals surface area contributed by atoms with Gasteiger partial charge in [-0.25, -0.2) is 13.1 Å². The number of halogens is 1. The quantitative estimate of drug-likeness (QED) is 0.248. The van der Waals surface area contributed by atoms with Gasteiger partial charge in [0.1, 0.15) is 0 Å². The molecule has 0 aliphatic rings. The minimum absolute atomic E-state index is 0. The molecule has 0 aliphatic heterocycles. The van der Waals surface area contributed by atoms with Crippen LogP contribution in [0.1, 0.15) is 18.2 Å². The van der Waals surface area contributed by atoms with Gasteiger partial charge in [0.2, 0.25) is 10.0 Å². The highest BCUT2D eigenvalue weighted by molar-refractivity contribution is 14.0. The lowest BCUT2D eigenvalue weighted by Gasteiger charge is -2.21. The van der Waals surface area contributed by atoms with Crippen molar-refractivity contribution in [1.82, 2.24) is 14.9 Å². The first-order chi connectivity index (χ1) is 10.5. The number of likely N-dealkylation sites (N-methyl/N-ethyl adjacent to an activating group) is 1. The van der Waals surface area contributed by atoms with E-state index in [1.54, 1.807) is 25.3 Å². The number of aliphatic imine (C=N–C) groups is 1. The summed E-state index contributed by atoms with van der Waals surface area (Å²) in [6, 6.07) is 4.19. The first-order valence-corrected chi connectivity index (χ1v) is 9.93. The molecule has 0 bridgehead atoms. The summed E-state index contributed by atoms with van der Waals surface area (Å²) >= 11 is 1.76. The van der Waals surface area contributed by atoms with Crippen LogP contribution in [-0.4, -0.2) is 58.8 Å². The minimum atomic E-state index is -3.09. The van der Waals surface area contributed by atoms with E-state index in [9.17, 15) is 8.42 Å². The maximum atomic E-state index is 11.3. The number of thiophene rings is 1. The Labute approximate surface area is 160 Å². The van der Waals surface area contributed by atoms with Crippen LogP contribution in [0, 0.1) is 0 Å². The molecular formula is C14H27IN4O2S2. The first kappa shape index (κ1) is 22.6. The molecule has 6 nitrogen and oxygen atoms in total. The molecule has 1 aromatic rings. The predicted molar refractivity (Wildman–Crippen MR) is 110 cm³/mol. The summed E-state index contributed by atoms with van der Waals surface area (Å²) in [6.07, 6.45) is 1.71. The molecule has 0 spiro atoms. The Morgan fingerprint density at radius 2 is 2.13 bits per heavy atom. The second-order valence-electron chi connectivity index (χ2n) is 4.88. The lowest BCUT2D eigenvalue weighted by Crippen LogP contribution is -2.41. The van der Waals surface area contributed by atoms with Crippen LogP contribution in [-0.2, 0) is 16.4 Å². The summed E-state index contributed by atoms with van der Waals surface area (Å²) in [6.45, 7) is 3.65. The van der Waals surface area contributed by atoms with Gasteiger partial charge in [-0.05, 0) is 31.2 Å². The summed E-state index contributed by atoms with van der Waals surface area (Å²) in [7, 11) is 0.663. The Bertz CT molecular complexity index is 547. The van der Waals surface area contributed by atoms with Gasteiger partial charge in [0.05, 0.1) is 5.75 Å². The average Bonchev–Trinajstić information content (AvgIpc) is 3.02. The van der Waals surface area contributed by atoms with Crippen LogP contribution in [0.25, 0.3) is 0 Å². The molecule has 1 heterocycles. The van der Waals surface area contributed by atoms with Crippen molar-refractivity contribution in [3.63, 3.8) is 0 Å². The molecule has 0 aliphatic carbocycles. The van der Waals surface area contributed by atoms with E-state index in [-0.39, 0.29) is 29.7 Å². The molecule has 1 rings (SSSR count). The van der Waals surface area contributed by atoms with Gasteiger partial charge in [0.25, 0.3) is 0 Å². The van der Waals surface area contributed by atoms with Crippen molar-refractivity contribution in [2.45, 2.75) is 19.8 Å². The zero-order valence-electron chi connectivity index (χ0n) is 13.9. The number of rotatable bonds is 9. The standard InChI is InChI=1S/C14H26N4O2S2.HI/c1-4-22(19,20)17-10-6-9-16-14(15-2)18(3)11-8-13-7-5-12-21-13;/h5,7,12,17H,4,6,8-11H2,1-3H3,(H,15,16);1H. The van der Waals surface area contributed by atoms with Gasteiger partial charge in [-0.15, -0.1) is 35.3 Å². The fraction of sp³-hybridized carbons (Fsp3) is 0.643. The molecule has 23 heavy (non-hydrogen) atoms. The highest BCUT2D eigenvalue weighted by atomic mass is 127. The third-order valence-electron chi connectivity index (χ3n) is 3.19. The van der Waals surface area contributed by atoms with E-state index in [2.05, 4.69) is 37.4 Å². The fourth-order valence-electron chi connectivity index (χ4n) is 1.84. The minimum Gasteiger partial charge on any atom is -0.356 e. The van der Waals surface area contributed by atoms with Gasteiger partial charge in [-0.2, -0.15) is 0 Å². The van der Waals surface area contributed by atoms with Crippen LogP contribution in [0.3, 0.4) is 0 Å². The van der Waals surface area contributed by atoms with E-state index in [0.29, 0.717) is 13.1 Å². The SMILES string of the molecule is CCS(=O)(=O)NCCCNC(=NC)N(C)CCc1cccs1.I. The predicted octanol–water partition coefficient (Wildman–Crippen LogP) is 1.75. The van der Waals surface area contributed by atoms with Crippen molar-refractivity contribution in [3.8, 4) is 0 Å². The van der Waals surface area contributed by atoms with Crippen molar-refractivity contribution in [1.29, 1.82) is 0 Å². The molecular weight excluding hydrogens is 447 g/mol. The summed E-state index contributed by atoms with van der Waals surface area (Å²) in [5, 5.41) is 5.33. The number of nitrogens with one attached hydrogen (secondary N) is 2. The van der Waals surface area contributed by atoms with Crippen molar-refractivity contribution in [2.24, 2.45) is 4.99 Å². The van der Waals surface area contributed by atoms with Crippen molar-refractivity contribution >= 4 is 51.3 Å². The highest BCUT2D eigenvalue weighted by Gasteiger charge is 2.07. The Morgan fingerprint density at radius 3 is 2.70 bits per heavy atom. The lowest BCUT2D eigenvalue weighted by molar-refractivity contribution is 0.485. The summed E-state index contributed by atoms with van der Waals surface area (Å²) in [5.41, 5.74) is 0. The van der Waals surface area contributed by atoms with Gasteiger partial charge >= 0.3 is 0 Å². The molecule has 1 aromatic heterocycles. The molecule has 0 fully saturated rings. The van der Waals surface area contributed by atoms with Gasteiger partial charge in [-0.3, -0.25) is 4.99 Å². The van der Waals surface area contributed by atoms with E-state index in [4.69, 9.17) is 0 Å². The van der Waals surface area contributed by atoms with Gasteiger partial charge in [-0.1, -0.05) is 6.07 Å². The molecule has 0 saturated heterocycles. The molecule has 0 radical (unpaired) electrons. The van der Waals surface area contributed by atoms with E-state index < -0.39 is 10.0 Å². The van der Waals surface area contributed by atoms with Crippen LogP contribution in [0.2, 0.25) is 0 Å². The lowest BCUT2D eigenvalue weighted by atomic mass is 10.3. The zero-order chi connectivity index (χ0) is 16.4. The third-order valence-corrected chi connectivity index (χ3v) is 5.53. The van der Waals surface area contributed by atoms with Gasteiger partial charge < -0.3 is 10.2 Å². The highest BCUT2D eigenvalue weighted by Crippen LogP contribution is 2.09. The second-order valence-corrected chi connectivity index (χ2v) is 8.00. The average molecular weight is 474 g/mol. The topological polar surface area (TPSA) is 73.8 Å². The van der Waals surface area contributed by atoms with E-state index in [0.717, 1.165) is 25.3 Å². The Hall–Kier alpha value is -0.390. The summed E-state index contributed by atoms with van der Waals surface area (Å²) < 4.78 is 25.1. The number of sulfonamides is 1. The number of hydrogen-bond donors (Lipinski definition) is 2. The van der Waals surface area contributed by atoms with E-state index in [1.807, 2.05) is 7.05 Å². The fourth-order valence-corrected chi connectivity index (χ4v) is 3.20. The Morgan fingerprint density at radius 1 is 1.39 bits per heavy atom. The second kappa shape index (κ2) is 12.0. The van der Waals surface area contributed by atoms with Gasteiger partial charge in [0.15, 0.2) is 5.96 Å². The largest absolute Gasteiger partial charge is 0.356 e. The molecule has 9 heteroatoms. The number of nitrogens with zero attached hydrogens (tertiary/aromatic N) is 2. The smallest absolute Gasteiger partial charge is 0.211 e. The zero-order valence-corrected chi connectivity index (χ0v) is 17.9. The van der Waals surface area contributed by atoms with E-state index >= 15 is 0 Å².